The molecule has 1 saturated carbocycles. The van der Waals surface area contributed by atoms with E-state index in [0.717, 1.165) is 0 Å². The van der Waals surface area contributed by atoms with Crippen LogP contribution in [0.5, 0.6) is 0 Å². The van der Waals surface area contributed by atoms with Crippen LogP contribution in [0.2, 0.25) is 0 Å². The maximum Gasteiger partial charge on any atom is 0.339 e. The Morgan fingerprint density at radius 1 is 1.19 bits per heavy atom. The van der Waals surface area contributed by atoms with Crippen molar-refractivity contribution in [3.63, 3.8) is 0 Å². The predicted octanol–water partition coefficient (Wildman–Crippen LogP) is 1.91. The molecule has 0 spiro atoms. The van der Waals surface area contributed by atoms with Crippen LogP contribution in [0.25, 0.3) is 0 Å². The maximum absolute atomic E-state index is 12.2. The van der Waals surface area contributed by atoms with Crippen molar-refractivity contribution in [1.29, 1.82) is 0 Å². The molecular formula is C15H17NO5. The number of carboxylic acids is 1. The van der Waals surface area contributed by atoms with Gasteiger partial charge in [0.15, 0.2) is 0 Å². The summed E-state index contributed by atoms with van der Waals surface area (Å²) >= 11 is 0. The molecule has 2 N–H and O–H groups in total. The van der Waals surface area contributed by atoms with Gasteiger partial charge < -0.3 is 15.2 Å². The monoisotopic (exact) mass is 291 g/mol. The van der Waals surface area contributed by atoms with E-state index in [4.69, 9.17) is 5.11 Å². The molecule has 0 unspecified atom stereocenters. The van der Waals surface area contributed by atoms with Crippen molar-refractivity contribution in [1.82, 2.24) is 0 Å². The van der Waals surface area contributed by atoms with Gasteiger partial charge in [-0.2, -0.15) is 0 Å². The molecular weight excluding hydrogens is 274 g/mol. The van der Waals surface area contributed by atoms with Gasteiger partial charge in [0.05, 0.1) is 24.3 Å². The van der Waals surface area contributed by atoms with Gasteiger partial charge in [0.1, 0.15) is 0 Å². The molecule has 1 aliphatic carbocycles. The minimum absolute atomic E-state index is 0.255. The van der Waals surface area contributed by atoms with Crippen molar-refractivity contribution >= 4 is 23.5 Å². The van der Waals surface area contributed by atoms with E-state index >= 15 is 0 Å². The van der Waals surface area contributed by atoms with Crippen LogP contribution in [0, 0.1) is 11.8 Å². The fourth-order valence-corrected chi connectivity index (χ4v) is 2.56. The summed E-state index contributed by atoms with van der Waals surface area (Å²) < 4.78 is 4.66. The number of ether oxygens (including phenoxy) is 1. The summed E-state index contributed by atoms with van der Waals surface area (Å²) in [5.74, 6) is -2.44. The second-order valence-corrected chi connectivity index (χ2v) is 5.07. The van der Waals surface area contributed by atoms with Crippen molar-refractivity contribution in [2.24, 2.45) is 11.8 Å². The number of methoxy groups -OCH3 is 1. The number of rotatable bonds is 4. The first-order valence-corrected chi connectivity index (χ1v) is 6.74. The second-order valence-electron chi connectivity index (χ2n) is 5.07. The Morgan fingerprint density at radius 2 is 1.86 bits per heavy atom. The molecule has 0 heterocycles. The van der Waals surface area contributed by atoms with E-state index in [9.17, 15) is 14.4 Å². The number of esters is 1. The molecule has 21 heavy (non-hydrogen) atoms. The van der Waals surface area contributed by atoms with Gasteiger partial charge in [-0.05, 0) is 31.4 Å². The molecule has 2 atom stereocenters. The van der Waals surface area contributed by atoms with Gasteiger partial charge in [0.2, 0.25) is 5.91 Å². The van der Waals surface area contributed by atoms with Crippen LogP contribution >= 0.6 is 0 Å². The van der Waals surface area contributed by atoms with Crippen molar-refractivity contribution in [3.8, 4) is 0 Å². The summed E-state index contributed by atoms with van der Waals surface area (Å²) in [4.78, 5) is 34.7. The predicted molar refractivity (Wildman–Crippen MR) is 74.9 cm³/mol. The van der Waals surface area contributed by atoms with Crippen LogP contribution in [0.3, 0.4) is 0 Å². The van der Waals surface area contributed by atoms with Gasteiger partial charge in [-0.25, -0.2) is 4.79 Å². The van der Waals surface area contributed by atoms with Gasteiger partial charge in [-0.15, -0.1) is 0 Å². The first-order chi connectivity index (χ1) is 10.0. The van der Waals surface area contributed by atoms with E-state index < -0.39 is 17.9 Å². The molecule has 1 fully saturated rings. The Bertz CT molecular complexity index is 569. The van der Waals surface area contributed by atoms with E-state index in [2.05, 4.69) is 10.1 Å². The molecule has 1 aromatic rings. The third kappa shape index (κ3) is 3.39. The summed E-state index contributed by atoms with van der Waals surface area (Å²) in [5, 5.41) is 11.7. The summed E-state index contributed by atoms with van der Waals surface area (Å²) in [5.41, 5.74) is 0.661. The quantitative estimate of drug-likeness (QED) is 0.827. The molecule has 0 bridgehead atoms. The lowest BCUT2D eigenvalue weighted by atomic mass is 10.0. The summed E-state index contributed by atoms with van der Waals surface area (Å²) in [6.45, 7) is 0. The standard InChI is InChI=1S/C15H17NO5/c1-21-15(20)11-4-2-3-5-12(11)16-13(17)9-6-7-10(8-9)14(18)19/h2-5,9-10H,6-8H2,1H3,(H,16,17)(H,18,19)/t9-,10+/m1/s1. The molecule has 2 rings (SSSR count). The average Bonchev–Trinajstić information content (AvgIpc) is 2.97. The van der Waals surface area contributed by atoms with Crippen molar-refractivity contribution in [2.75, 3.05) is 12.4 Å². The molecule has 1 aliphatic rings. The number of nitrogens with one attached hydrogen (secondary N) is 1. The fourth-order valence-electron chi connectivity index (χ4n) is 2.56. The van der Waals surface area contributed by atoms with E-state index in [1.165, 1.54) is 7.11 Å². The zero-order valence-corrected chi connectivity index (χ0v) is 11.7. The molecule has 6 nitrogen and oxygen atoms in total. The first kappa shape index (κ1) is 15.0. The second kappa shape index (κ2) is 6.39. The largest absolute Gasteiger partial charge is 0.481 e. The highest BCUT2D eigenvalue weighted by atomic mass is 16.5. The van der Waals surface area contributed by atoms with E-state index in [1.807, 2.05) is 0 Å². The number of carbonyl (C=O) groups is 3. The normalized spacial score (nSPS) is 20.8. The minimum Gasteiger partial charge on any atom is -0.481 e. The molecule has 6 heteroatoms. The van der Waals surface area contributed by atoms with E-state index in [-0.39, 0.29) is 17.4 Å². The molecule has 112 valence electrons. The van der Waals surface area contributed by atoms with Crippen molar-refractivity contribution in [2.45, 2.75) is 19.3 Å². The molecule has 1 amide bonds. The Kier molecular flexibility index (Phi) is 4.57. The number of carbonyl (C=O) groups excluding carboxylic acids is 2. The van der Waals surface area contributed by atoms with E-state index in [1.54, 1.807) is 24.3 Å². The Hall–Kier alpha value is -2.37. The number of hydrogen-bond donors (Lipinski definition) is 2. The maximum atomic E-state index is 12.2. The minimum atomic E-state index is -0.861. The molecule has 0 aliphatic heterocycles. The van der Waals surface area contributed by atoms with Gasteiger partial charge >= 0.3 is 11.9 Å². The Labute approximate surface area is 122 Å². The smallest absolute Gasteiger partial charge is 0.339 e. The highest BCUT2D eigenvalue weighted by molar-refractivity contribution is 6.02. The lowest BCUT2D eigenvalue weighted by Gasteiger charge is -2.13. The first-order valence-electron chi connectivity index (χ1n) is 6.74. The van der Waals surface area contributed by atoms with Crippen LogP contribution in [-0.4, -0.2) is 30.1 Å². The number of aliphatic carboxylic acids is 1. The fraction of sp³-hybridized carbons (Fsp3) is 0.400. The summed E-state index contributed by atoms with van der Waals surface area (Å²) in [6, 6.07) is 6.57. The molecule has 1 aromatic carbocycles. The van der Waals surface area contributed by atoms with Gasteiger partial charge in [0, 0.05) is 5.92 Å². The van der Waals surface area contributed by atoms with Crippen LogP contribution in [0.1, 0.15) is 29.6 Å². The van der Waals surface area contributed by atoms with Crippen molar-refractivity contribution < 1.29 is 24.2 Å². The average molecular weight is 291 g/mol. The highest BCUT2D eigenvalue weighted by Gasteiger charge is 2.34. The zero-order chi connectivity index (χ0) is 15.4. The summed E-state index contributed by atoms with van der Waals surface area (Å²) in [7, 11) is 1.27. The zero-order valence-electron chi connectivity index (χ0n) is 11.7. The Balaban J connectivity index is 2.07. The van der Waals surface area contributed by atoms with Crippen molar-refractivity contribution in [3.05, 3.63) is 29.8 Å². The van der Waals surface area contributed by atoms with Gasteiger partial charge in [-0.1, -0.05) is 12.1 Å². The lowest BCUT2D eigenvalue weighted by molar-refractivity contribution is -0.141. The highest BCUT2D eigenvalue weighted by Crippen LogP contribution is 2.32. The number of benzene rings is 1. The molecule has 0 radical (unpaired) electrons. The van der Waals surface area contributed by atoms with Crippen LogP contribution < -0.4 is 5.32 Å². The topological polar surface area (TPSA) is 92.7 Å². The van der Waals surface area contributed by atoms with Gasteiger partial charge in [0.25, 0.3) is 0 Å². The van der Waals surface area contributed by atoms with Crippen LogP contribution in [0.4, 0.5) is 5.69 Å². The SMILES string of the molecule is COC(=O)c1ccccc1NC(=O)[C@@H]1CC[C@H](C(=O)O)C1. The third-order valence-electron chi connectivity index (χ3n) is 3.74. The number of amides is 1. The molecule has 0 aromatic heterocycles. The number of para-hydroxylation sites is 1. The third-order valence-corrected chi connectivity index (χ3v) is 3.74. The number of carboxylic acid groups (broad SMARTS) is 1. The number of hydrogen-bond acceptors (Lipinski definition) is 4. The van der Waals surface area contributed by atoms with E-state index in [0.29, 0.717) is 24.9 Å². The summed E-state index contributed by atoms with van der Waals surface area (Å²) in [6.07, 6.45) is 1.39. The lowest BCUT2D eigenvalue weighted by Crippen LogP contribution is -2.23. The van der Waals surface area contributed by atoms with Gasteiger partial charge in [-0.3, -0.25) is 9.59 Å². The number of anilines is 1. The van der Waals surface area contributed by atoms with Crippen LogP contribution in [0.15, 0.2) is 24.3 Å². The molecule has 0 saturated heterocycles. The van der Waals surface area contributed by atoms with Crippen LogP contribution in [-0.2, 0) is 14.3 Å². The Morgan fingerprint density at radius 3 is 2.48 bits per heavy atom.